The quantitative estimate of drug-likeness (QED) is 0.574. The molecule has 7 heteroatoms. The van der Waals surface area contributed by atoms with E-state index in [2.05, 4.69) is 15.4 Å². The molecule has 0 aliphatic carbocycles. The van der Waals surface area contributed by atoms with Crippen molar-refractivity contribution in [3.8, 4) is 22.4 Å². The predicted molar refractivity (Wildman–Crippen MR) is 97.2 cm³/mol. The Hall–Kier alpha value is -3.48. The summed E-state index contributed by atoms with van der Waals surface area (Å²) in [4.78, 5) is 15.1. The van der Waals surface area contributed by atoms with E-state index in [0.717, 1.165) is 33.7 Å². The van der Waals surface area contributed by atoms with E-state index in [0.29, 0.717) is 12.2 Å². The molecule has 3 heterocycles. The number of hydrogen-bond donors (Lipinski definition) is 1. The van der Waals surface area contributed by atoms with Gasteiger partial charge in [0.1, 0.15) is 17.3 Å². The number of anilines is 1. The summed E-state index contributed by atoms with van der Waals surface area (Å²) in [5, 5.41) is 7.18. The average molecular weight is 349 g/mol. The third kappa shape index (κ3) is 2.54. The molecule has 6 nitrogen and oxygen atoms in total. The summed E-state index contributed by atoms with van der Waals surface area (Å²) in [6.07, 6.45) is 4.13. The van der Waals surface area contributed by atoms with Gasteiger partial charge < -0.3 is 5.32 Å². The third-order valence-electron chi connectivity index (χ3n) is 4.34. The molecule has 0 saturated heterocycles. The van der Waals surface area contributed by atoms with Gasteiger partial charge in [-0.2, -0.15) is 5.10 Å². The molecule has 0 radical (unpaired) electrons. The topological polar surface area (TPSA) is 64.2 Å². The molecule has 0 fully saturated rings. The maximum absolute atomic E-state index is 13.3. The van der Waals surface area contributed by atoms with Crippen LogP contribution in [0.1, 0.15) is 5.69 Å². The number of aromatic nitrogens is 4. The second-order valence-corrected chi connectivity index (χ2v) is 5.99. The first-order valence-electron chi connectivity index (χ1n) is 8.05. The minimum atomic E-state index is -0.279. The van der Waals surface area contributed by atoms with Crippen molar-refractivity contribution in [1.29, 1.82) is 0 Å². The second kappa shape index (κ2) is 6.11. The van der Waals surface area contributed by atoms with E-state index < -0.39 is 0 Å². The molecule has 26 heavy (non-hydrogen) atoms. The molecule has 3 aromatic heterocycles. The normalized spacial score (nSPS) is 11.0. The highest BCUT2D eigenvalue weighted by Crippen LogP contribution is 2.35. The van der Waals surface area contributed by atoms with E-state index in [-0.39, 0.29) is 5.82 Å². The molecular formula is C19H16FN5O. The number of imidazole rings is 1. The molecule has 0 spiro atoms. The molecule has 4 rings (SSSR count). The number of pyridine rings is 1. The van der Waals surface area contributed by atoms with E-state index in [1.807, 2.05) is 36.7 Å². The Bertz CT molecular complexity index is 1110. The summed E-state index contributed by atoms with van der Waals surface area (Å²) in [5.74, 6) is 0.306. The second-order valence-electron chi connectivity index (χ2n) is 5.99. The Balaban J connectivity index is 1.93. The number of fused-ring (bicyclic) bond motifs is 1. The fraction of sp³-hybridized carbons (Fsp3) is 0.105. The van der Waals surface area contributed by atoms with Gasteiger partial charge in [0, 0.05) is 29.9 Å². The zero-order chi connectivity index (χ0) is 18.3. The molecule has 1 N–H and O–H groups in total. The van der Waals surface area contributed by atoms with Crippen molar-refractivity contribution in [2.75, 3.05) is 5.32 Å². The van der Waals surface area contributed by atoms with E-state index >= 15 is 0 Å². The summed E-state index contributed by atoms with van der Waals surface area (Å²) in [6, 6.07) is 10.2. The number of benzene rings is 1. The van der Waals surface area contributed by atoms with Gasteiger partial charge >= 0.3 is 0 Å². The zero-order valence-corrected chi connectivity index (χ0v) is 14.3. The van der Waals surface area contributed by atoms with Crippen molar-refractivity contribution in [3.05, 3.63) is 60.3 Å². The van der Waals surface area contributed by atoms with Crippen molar-refractivity contribution >= 4 is 17.9 Å². The van der Waals surface area contributed by atoms with Crippen molar-refractivity contribution in [3.63, 3.8) is 0 Å². The Kier molecular flexibility index (Phi) is 3.76. The average Bonchev–Trinajstić information content (AvgIpc) is 3.16. The van der Waals surface area contributed by atoms with Gasteiger partial charge in [-0.3, -0.25) is 13.9 Å². The van der Waals surface area contributed by atoms with Crippen molar-refractivity contribution in [2.45, 2.75) is 6.92 Å². The van der Waals surface area contributed by atoms with Gasteiger partial charge in [0.05, 0.1) is 17.6 Å². The van der Waals surface area contributed by atoms with Crippen LogP contribution in [0.2, 0.25) is 0 Å². The largest absolute Gasteiger partial charge is 0.313 e. The maximum atomic E-state index is 13.3. The molecule has 1 aromatic carbocycles. The Morgan fingerprint density at radius 3 is 2.58 bits per heavy atom. The van der Waals surface area contributed by atoms with Gasteiger partial charge in [-0.15, -0.1) is 0 Å². The number of aryl methyl sites for hydroxylation is 2. The van der Waals surface area contributed by atoms with Gasteiger partial charge in [0.25, 0.3) is 0 Å². The first kappa shape index (κ1) is 16.0. The molecule has 0 saturated carbocycles. The van der Waals surface area contributed by atoms with Gasteiger partial charge in [-0.05, 0) is 43.3 Å². The molecule has 0 unspecified atom stereocenters. The Morgan fingerprint density at radius 1 is 1.12 bits per heavy atom. The van der Waals surface area contributed by atoms with Gasteiger partial charge in [-0.25, -0.2) is 9.37 Å². The highest BCUT2D eigenvalue weighted by Gasteiger charge is 2.18. The lowest BCUT2D eigenvalue weighted by Crippen LogP contribution is -1.98. The van der Waals surface area contributed by atoms with Crippen LogP contribution in [0, 0.1) is 12.7 Å². The molecule has 0 bridgehead atoms. The van der Waals surface area contributed by atoms with E-state index in [4.69, 9.17) is 0 Å². The highest BCUT2D eigenvalue weighted by atomic mass is 19.1. The van der Waals surface area contributed by atoms with Crippen molar-refractivity contribution in [1.82, 2.24) is 19.2 Å². The zero-order valence-electron chi connectivity index (χ0n) is 14.3. The number of rotatable bonds is 4. The summed E-state index contributed by atoms with van der Waals surface area (Å²) in [7, 11) is 1.87. The van der Waals surface area contributed by atoms with Crippen LogP contribution < -0.4 is 5.32 Å². The molecule has 0 atom stereocenters. The fourth-order valence-corrected chi connectivity index (χ4v) is 3.24. The fourth-order valence-electron chi connectivity index (χ4n) is 3.24. The Morgan fingerprint density at radius 2 is 1.85 bits per heavy atom. The number of nitrogens with zero attached hydrogens (tertiary/aromatic N) is 4. The van der Waals surface area contributed by atoms with Crippen LogP contribution in [0.3, 0.4) is 0 Å². The predicted octanol–water partition coefficient (Wildman–Crippen LogP) is 3.42. The summed E-state index contributed by atoms with van der Waals surface area (Å²) in [5.41, 5.74) is 5.23. The lowest BCUT2D eigenvalue weighted by molar-refractivity contribution is -0.105. The van der Waals surface area contributed by atoms with E-state index in [1.54, 1.807) is 23.0 Å². The summed E-state index contributed by atoms with van der Waals surface area (Å²) < 4.78 is 16.9. The minimum absolute atomic E-state index is 0.279. The lowest BCUT2D eigenvalue weighted by Gasteiger charge is -2.09. The first-order chi connectivity index (χ1) is 12.6. The molecule has 4 aromatic rings. The standard InChI is InChI=1S/C19H16FN5O/c1-12-18(19(24(2)23-12)13-3-6-15(20)7-4-13)14-5-8-16-21-9-17(22-11-26)25(16)10-14/h3-11H,1-2H3,(H,22,26). The molecule has 1 amide bonds. The van der Waals surface area contributed by atoms with Crippen LogP contribution in [-0.2, 0) is 11.8 Å². The first-order valence-corrected chi connectivity index (χ1v) is 8.05. The van der Waals surface area contributed by atoms with Crippen LogP contribution in [0.25, 0.3) is 28.0 Å². The molecular weight excluding hydrogens is 333 g/mol. The number of carbonyl (C=O) groups excluding carboxylic acids is 1. The van der Waals surface area contributed by atoms with Gasteiger partial charge in [-0.1, -0.05) is 0 Å². The van der Waals surface area contributed by atoms with Crippen LogP contribution in [0.4, 0.5) is 10.2 Å². The Labute approximate surface area is 148 Å². The van der Waals surface area contributed by atoms with Crippen LogP contribution >= 0.6 is 0 Å². The number of carbonyl (C=O) groups is 1. The van der Waals surface area contributed by atoms with Crippen LogP contribution in [0.5, 0.6) is 0 Å². The number of amides is 1. The number of nitrogens with one attached hydrogen (secondary N) is 1. The van der Waals surface area contributed by atoms with Crippen LogP contribution in [-0.4, -0.2) is 25.6 Å². The van der Waals surface area contributed by atoms with Crippen LogP contribution in [0.15, 0.2) is 48.8 Å². The van der Waals surface area contributed by atoms with Gasteiger partial charge in [0.15, 0.2) is 0 Å². The van der Waals surface area contributed by atoms with Crippen molar-refractivity contribution in [2.24, 2.45) is 7.05 Å². The number of hydrogen-bond acceptors (Lipinski definition) is 3. The maximum Gasteiger partial charge on any atom is 0.212 e. The van der Waals surface area contributed by atoms with Crippen molar-refractivity contribution < 1.29 is 9.18 Å². The van der Waals surface area contributed by atoms with E-state index in [1.165, 1.54) is 12.1 Å². The molecule has 0 aliphatic rings. The number of halogens is 1. The molecule has 130 valence electrons. The third-order valence-corrected chi connectivity index (χ3v) is 4.34. The summed E-state index contributed by atoms with van der Waals surface area (Å²) in [6.45, 7) is 1.94. The smallest absolute Gasteiger partial charge is 0.212 e. The minimum Gasteiger partial charge on any atom is -0.313 e. The van der Waals surface area contributed by atoms with Gasteiger partial charge in [0.2, 0.25) is 6.41 Å². The monoisotopic (exact) mass is 349 g/mol. The highest BCUT2D eigenvalue weighted by molar-refractivity contribution is 5.83. The SMILES string of the molecule is Cc1nn(C)c(-c2ccc(F)cc2)c1-c1ccc2ncc(NC=O)n2c1. The molecule has 0 aliphatic heterocycles. The lowest BCUT2D eigenvalue weighted by atomic mass is 10.0. The summed E-state index contributed by atoms with van der Waals surface area (Å²) >= 11 is 0. The van der Waals surface area contributed by atoms with E-state index in [9.17, 15) is 9.18 Å².